The largest absolute Gasteiger partial charge is 0.393 e. The molecule has 0 fully saturated rings. The Kier molecular flexibility index (Phi) is 4.47. The fourth-order valence-electron chi connectivity index (χ4n) is 1.74. The standard InChI is InChI=1S/C14H18N4O2/c1-9(19)7-8-15-14(20)12-5-3-11(4-6-12)13-16-10(2)17-18-13/h3-6,9,19H,7-8H2,1-2H3,(H,15,20)(H,16,17,18). The maximum Gasteiger partial charge on any atom is 0.251 e. The number of aryl methyl sites for hydroxylation is 1. The number of amides is 1. The van der Waals surface area contributed by atoms with E-state index in [2.05, 4.69) is 20.5 Å². The molecule has 1 aromatic heterocycles. The predicted molar refractivity (Wildman–Crippen MR) is 75.2 cm³/mol. The molecule has 0 aliphatic carbocycles. The smallest absolute Gasteiger partial charge is 0.251 e. The van der Waals surface area contributed by atoms with E-state index in [9.17, 15) is 4.79 Å². The molecule has 2 rings (SSSR count). The minimum absolute atomic E-state index is 0.150. The molecule has 1 unspecified atom stereocenters. The van der Waals surface area contributed by atoms with E-state index in [0.717, 1.165) is 11.4 Å². The Morgan fingerprint density at radius 1 is 1.40 bits per heavy atom. The summed E-state index contributed by atoms with van der Waals surface area (Å²) in [6.07, 6.45) is 0.131. The second-order valence-corrected chi connectivity index (χ2v) is 4.72. The topological polar surface area (TPSA) is 90.9 Å². The third-order valence-corrected chi connectivity index (χ3v) is 2.85. The summed E-state index contributed by atoms with van der Waals surface area (Å²) in [5.74, 6) is 1.21. The molecular formula is C14H18N4O2. The molecule has 0 radical (unpaired) electrons. The van der Waals surface area contributed by atoms with Crippen LogP contribution in [0.4, 0.5) is 0 Å². The van der Waals surface area contributed by atoms with E-state index >= 15 is 0 Å². The highest BCUT2D eigenvalue weighted by atomic mass is 16.3. The van der Waals surface area contributed by atoms with Gasteiger partial charge < -0.3 is 10.4 Å². The number of aliphatic hydroxyl groups excluding tert-OH is 1. The second-order valence-electron chi connectivity index (χ2n) is 4.72. The van der Waals surface area contributed by atoms with Gasteiger partial charge in [-0.15, -0.1) is 0 Å². The molecule has 1 atom stereocenters. The van der Waals surface area contributed by atoms with Crippen molar-refractivity contribution in [3.63, 3.8) is 0 Å². The average Bonchev–Trinajstić information content (AvgIpc) is 2.85. The van der Waals surface area contributed by atoms with E-state index in [1.54, 1.807) is 19.1 Å². The lowest BCUT2D eigenvalue weighted by atomic mass is 10.1. The SMILES string of the molecule is Cc1nc(-c2ccc(C(=O)NCCC(C)O)cc2)n[nH]1. The maximum absolute atomic E-state index is 11.8. The fraction of sp³-hybridized carbons (Fsp3) is 0.357. The maximum atomic E-state index is 11.8. The van der Waals surface area contributed by atoms with Crippen molar-refractivity contribution in [1.29, 1.82) is 0 Å². The summed E-state index contributed by atoms with van der Waals surface area (Å²) in [5, 5.41) is 18.7. The number of hydrogen-bond acceptors (Lipinski definition) is 4. The molecular weight excluding hydrogens is 256 g/mol. The highest BCUT2D eigenvalue weighted by Gasteiger charge is 2.08. The Morgan fingerprint density at radius 3 is 2.65 bits per heavy atom. The Morgan fingerprint density at radius 2 is 2.10 bits per heavy atom. The number of hydrogen-bond donors (Lipinski definition) is 3. The molecule has 106 valence electrons. The van der Waals surface area contributed by atoms with Gasteiger partial charge in [0, 0.05) is 17.7 Å². The number of benzene rings is 1. The molecule has 20 heavy (non-hydrogen) atoms. The number of H-pyrrole nitrogens is 1. The molecule has 0 spiro atoms. The van der Waals surface area contributed by atoms with Crippen LogP contribution in [0.25, 0.3) is 11.4 Å². The summed E-state index contributed by atoms with van der Waals surface area (Å²) >= 11 is 0. The molecule has 1 aromatic carbocycles. The minimum atomic E-state index is -0.411. The number of aromatic nitrogens is 3. The number of carbonyl (C=O) groups is 1. The van der Waals surface area contributed by atoms with E-state index in [1.165, 1.54) is 0 Å². The highest BCUT2D eigenvalue weighted by molar-refractivity contribution is 5.94. The van der Waals surface area contributed by atoms with Gasteiger partial charge in [-0.25, -0.2) is 4.98 Å². The van der Waals surface area contributed by atoms with Crippen molar-refractivity contribution in [3.05, 3.63) is 35.7 Å². The third kappa shape index (κ3) is 3.64. The zero-order valence-corrected chi connectivity index (χ0v) is 11.6. The van der Waals surface area contributed by atoms with Crippen LogP contribution < -0.4 is 5.32 Å². The van der Waals surface area contributed by atoms with Crippen LogP contribution in [0, 0.1) is 6.92 Å². The van der Waals surface area contributed by atoms with Crippen molar-refractivity contribution in [2.45, 2.75) is 26.4 Å². The summed E-state index contributed by atoms with van der Waals surface area (Å²) in [5.41, 5.74) is 1.43. The first kappa shape index (κ1) is 14.2. The Hall–Kier alpha value is -2.21. The van der Waals surface area contributed by atoms with Crippen molar-refractivity contribution >= 4 is 5.91 Å². The van der Waals surface area contributed by atoms with Crippen molar-refractivity contribution in [2.75, 3.05) is 6.54 Å². The second kappa shape index (κ2) is 6.29. The van der Waals surface area contributed by atoms with Crippen LogP contribution in [-0.2, 0) is 0 Å². The van der Waals surface area contributed by atoms with Crippen LogP contribution in [0.3, 0.4) is 0 Å². The van der Waals surface area contributed by atoms with E-state index in [-0.39, 0.29) is 5.91 Å². The normalized spacial score (nSPS) is 12.2. The van der Waals surface area contributed by atoms with Crippen molar-refractivity contribution < 1.29 is 9.90 Å². The summed E-state index contributed by atoms with van der Waals surface area (Å²) < 4.78 is 0. The van der Waals surface area contributed by atoms with Gasteiger partial charge in [0.15, 0.2) is 5.82 Å². The zero-order valence-electron chi connectivity index (χ0n) is 11.6. The lowest BCUT2D eigenvalue weighted by molar-refractivity contribution is 0.0945. The fourth-order valence-corrected chi connectivity index (χ4v) is 1.74. The molecule has 0 aliphatic rings. The zero-order chi connectivity index (χ0) is 14.5. The number of aromatic amines is 1. The van der Waals surface area contributed by atoms with Crippen LogP contribution in [0.15, 0.2) is 24.3 Å². The monoisotopic (exact) mass is 274 g/mol. The summed E-state index contributed by atoms with van der Waals surface area (Å²) in [7, 11) is 0. The predicted octanol–water partition coefficient (Wildman–Crippen LogP) is 1.28. The van der Waals surface area contributed by atoms with Gasteiger partial charge in [-0.2, -0.15) is 5.10 Å². The minimum Gasteiger partial charge on any atom is -0.393 e. The molecule has 1 amide bonds. The van der Waals surface area contributed by atoms with Gasteiger partial charge in [-0.3, -0.25) is 9.89 Å². The molecule has 0 saturated carbocycles. The number of aliphatic hydroxyl groups is 1. The van der Waals surface area contributed by atoms with Gasteiger partial charge in [0.2, 0.25) is 0 Å². The molecule has 6 nitrogen and oxygen atoms in total. The number of carbonyl (C=O) groups excluding carboxylic acids is 1. The molecule has 0 bridgehead atoms. The van der Waals surface area contributed by atoms with E-state index in [4.69, 9.17) is 5.11 Å². The van der Waals surface area contributed by atoms with Gasteiger partial charge in [0.05, 0.1) is 6.10 Å². The van der Waals surface area contributed by atoms with Crippen LogP contribution in [-0.4, -0.2) is 38.8 Å². The first-order valence-corrected chi connectivity index (χ1v) is 6.52. The van der Waals surface area contributed by atoms with Crippen LogP contribution in [0.2, 0.25) is 0 Å². The first-order valence-electron chi connectivity index (χ1n) is 6.52. The van der Waals surface area contributed by atoms with Gasteiger partial charge in [0.1, 0.15) is 5.82 Å². The molecule has 1 heterocycles. The lowest BCUT2D eigenvalue weighted by Gasteiger charge is -2.07. The molecule has 3 N–H and O–H groups in total. The van der Waals surface area contributed by atoms with Gasteiger partial charge in [-0.05, 0) is 32.4 Å². The number of rotatable bonds is 5. The molecule has 0 aliphatic heterocycles. The van der Waals surface area contributed by atoms with E-state index in [1.807, 2.05) is 19.1 Å². The van der Waals surface area contributed by atoms with Crippen LogP contribution in [0.1, 0.15) is 29.5 Å². The van der Waals surface area contributed by atoms with Crippen molar-refractivity contribution in [1.82, 2.24) is 20.5 Å². The van der Waals surface area contributed by atoms with Gasteiger partial charge in [-0.1, -0.05) is 12.1 Å². The average molecular weight is 274 g/mol. The Bertz CT molecular complexity index is 575. The van der Waals surface area contributed by atoms with E-state index < -0.39 is 6.10 Å². The Labute approximate surface area is 117 Å². The van der Waals surface area contributed by atoms with Crippen LogP contribution in [0.5, 0.6) is 0 Å². The number of nitrogens with one attached hydrogen (secondary N) is 2. The van der Waals surface area contributed by atoms with E-state index in [0.29, 0.717) is 24.4 Å². The third-order valence-electron chi connectivity index (χ3n) is 2.85. The van der Waals surface area contributed by atoms with Gasteiger partial charge >= 0.3 is 0 Å². The summed E-state index contributed by atoms with van der Waals surface area (Å²) in [4.78, 5) is 16.1. The van der Waals surface area contributed by atoms with Gasteiger partial charge in [0.25, 0.3) is 5.91 Å². The van der Waals surface area contributed by atoms with Crippen LogP contribution >= 0.6 is 0 Å². The number of nitrogens with zero attached hydrogens (tertiary/aromatic N) is 2. The molecule has 2 aromatic rings. The summed E-state index contributed by atoms with van der Waals surface area (Å²) in [6.45, 7) is 3.98. The lowest BCUT2D eigenvalue weighted by Crippen LogP contribution is -2.26. The summed E-state index contributed by atoms with van der Waals surface area (Å²) in [6, 6.07) is 7.09. The Balaban J connectivity index is 1.99. The highest BCUT2D eigenvalue weighted by Crippen LogP contribution is 2.15. The first-order chi connectivity index (χ1) is 9.56. The van der Waals surface area contributed by atoms with Crippen molar-refractivity contribution in [3.8, 4) is 11.4 Å². The molecule has 6 heteroatoms. The quantitative estimate of drug-likeness (QED) is 0.766. The molecule has 0 saturated heterocycles. The van der Waals surface area contributed by atoms with Crippen molar-refractivity contribution in [2.24, 2.45) is 0 Å².